The predicted octanol–water partition coefficient (Wildman–Crippen LogP) is 4.74. The number of esters is 1. The number of hydrogen-bond acceptors (Lipinski definition) is 4. The van der Waals surface area contributed by atoms with Crippen molar-refractivity contribution < 1.29 is 19.4 Å². The van der Waals surface area contributed by atoms with Crippen LogP contribution in [-0.4, -0.2) is 34.7 Å². The third-order valence-corrected chi connectivity index (χ3v) is 5.38. The van der Waals surface area contributed by atoms with Crippen LogP contribution in [-0.2, 0) is 4.74 Å². The number of carbonyl (C=O) groups excluding carboxylic acids is 1. The number of aromatic carboxylic acids is 1. The average Bonchev–Trinajstić information content (AvgIpc) is 3.15. The molecular weight excluding hydrogens is 348 g/mol. The largest absolute Gasteiger partial charge is 0.478 e. The molecule has 138 valence electrons. The molecule has 4 nitrogen and oxygen atoms in total. The highest BCUT2D eigenvalue weighted by Crippen LogP contribution is 2.26. The van der Waals surface area contributed by atoms with Gasteiger partial charge in [0.1, 0.15) is 6.61 Å². The Hall–Kier alpha value is -2.27. The van der Waals surface area contributed by atoms with E-state index in [0.717, 1.165) is 11.1 Å². The lowest BCUT2D eigenvalue weighted by atomic mass is 10.1. The van der Waals surface area contributed by atoms with Crippen LogP contribution in [0, 0.1) is 13.8 Å². The van der Waals surface area contributed by atoms with E-state index in [1.54, 1.807) is 24.3 Å². The van der Waals surface area contributed by atoms with Gasteiger partial charge in [0.25, 0.3) is 0 Å². The summed E-state index contributed by atoms with van der Waals surface area (Å²) in [6.45, 7) is 4.48. The second kappa shape index (κ2) is 10.0. The maximum Gasteiger partial charge on any atom is 0.338 e. The molecule has 0 unspecified atom stereocenters. The van der Waals surface area contributed by atoms with Crippen LogP contribution in [0.4, 0.5) is 0 Å². The van der Waals surface area contributed by atoms with Crippen LogP contribution in [0.3, 0.4) is 0 Å². The van der Waals surface area contributed by atoms with Gasteiger partial charge in [0, 0.05) is 5.25 Å². The molecule has 1 heterocycles. The third kappa shape index (κ3) is 6.56. The Morgan fingerprint density at radius 2 is 1.54 bits per heavy atom. The fourth-order valence-corrected chi connectivity index (χ4v) is 3.58. The summed E-state index contributed by atoms with van der Waals surface area (Å²) in [4.78, 5) is 22.0. The van der Waals surface area contributed by atoms with Crippen molar-refractivity contribution in [2.24, 2.45) is 0 Å². The van der Waals surface area contributed by atoms with E-state index >= 15 is 0 Å². The standard InChI is InChI=1S/C13H16O2S.C8H8O2/c1-10-4-6-11(7-5-10)13(14)15-9-12-3-2-8-16-12;1-6-2-4-7(5-3-6)8(9)10/h4-7,12H,2-3,8-9H2,1H3;2-5H,1H3,(H,9,10)/t12-;/m1./s1. The van der Waals surface area contributed by atoms with Gasteiger partial charge in [0.2, 0.25) is 0 Å². The lowest BCUT2D eigenvalue weighted by molar-refractivity contribution is 0.0505. The van der Waals surface area contributed by atoms with Gasteiger partial charge in [-0.15, -0.1) is 0 Å². The fraction of sp³-hybridized carbons (Fsp3) is 0.333. The number of ether oxygens (including phenoxy) is 1. The molecule has 0 saturated carbocycles. The van der Waals surface area contributed by atoms with Gasteiger partial charge in [-0.3, -0.25) is 0 Å². The number of thioether (sulfide) groups is 1. The molecular formula is C21H24O4S. The Labute approximate surface area is 158 Å². The first-order valence-corrected chi connectivity index (χ1v) is 9.66. The van der Waals surface area contributed by atoms with E-state index in [4.69, 9.17) is 9.84 Å². The number of carbonyl (C=O) groups is 2. The smallest absolute Gasteiger partial charge is 0.338 e. The summed E-state index contributed by atoms with van der Waals surface area (Å²) < 4.78 is 5.29. The van der Waals surface area contributed by atoms with E-state index in [0.29, 0.717) is 23.0 Å². The molecule has 1 fully saturated rings. The summed E-state index contributed by atoms with van der Waals surface area (Å²) in [5.74, 6) is 0.125. The molecule has 1 saturated heterocycles. The van der Waals surface area contributed by atoms with E-state index in [2.05, 4.69) is 0 Å². The maximum atomic E-state index is 11.7. The van der Waals surface area contributed by atoms with Crippen molar-refractivity contribution in [3.63, 3.8) is 0 Å². The van der Waals surface area contributed by atoms with Gasteiger partial charge in [0.15, 0.2) is 0 Å². The molecule has 1 aliphatic heterocycles. The molecule has 3 rings (SSSR count). The number of carboxylic acids is 1. The van der Waals surface area contributed by atoms with Crippen molar-refractivity contribution >= 4 is 23.7 Å². The second-order valence-corrected chi connectivity index (χ2v) is 7.68. The average molecular weight is 372 g/mol. The zero-order chi connectivity index (χ0) is 18.9. The fourth-order valence-electron chi connectivity index (χ4n) is 2.41. The molecule has 2 aromatic carbocycles. The molecule has 1 aliphatic rings. The monoisotopic (exact) mass is 372 g/mol. The van der Waals surface area contributed by atoms with E-state index in [-0.39, 0.29) is 5.97 Å². The number of benzene rings is 2. The minimum Gasteiger partial charge on any atom is -0.478 e. The minimum atomic E-state index is -0.875. The van der Waals surface area contributed by atoms with E-state index < -0.39 is 5.97 Å². The van der Waals surface area contributed by atoms with Crippen molar-refractivity contribution in [1.29, 1.82) is 0 Å². The van der Waals surface area contributed by atoms with Crippen LogP contribution >= 0.6 is 11.8 Å². The summed E-state index contributed by atoms with van der Waals surface area (Å²) >= 11 is 1.90. The zero-order valence-corrected chi connectivity index (χ0v) is 15.9. The Morgan fingerprint density at radius 3 is 2.00 bits per heavy atom. The summed E-state index contributed by atoms with van der Waals surface area (Å²) in [6.07, 6.45) is 2.42. The van der Waals surface area contributed by atoms with Crippen LogP contribution in [0.5, 0.6) is 0 Å². The maximum absolute atomic E-state index is 11.7. The van der Waals surface area contributed by atoms with Crippen molar-refractivity contribution in [3.8, 4) is 0 Å². The Bertz CT molecular complexity index is 717. The SMILES string of the molecule is Cc1ccc(C(=O)O)cc1.Cc1ccc(C(=O)OC[C@H]2CCCS2)cc1. The summed E-state index contributed by atoms with van der Waals surface area (Å²) in [6, 6.07) is 14.3. The van der Waals surface area contributed by atoms with Gasteiger partial charge >= 0.3 is 11.9 Å². The van der Waals surface area contributed by atoms with Gasteiger partial charge in [-0.1, -0.05) is 35.4 Å². The number of rotatable bonds is 4. The van der Waals surface area contributed by atoms with Crippen molar-refractivity contribution in [2.75, 3.05) is 12.4 Å². The van der Waals surface area contributed by atoms with Crippen LogP contribution < -0.4 is 0 Å². The lowest BCUT2D eigenvalue weighted by Gasteiger charge is -2.09. The summed E-state index contributed by atoms with van der Waals surface area (Å²) in [5, 5.41) is 8.98. The number of carboxylic acid groups (broad SMARTS) is 1. The van der Waals surface area contributed by atoms with Gasteiger partial charge in [-0.25, -0.2) is 9.59 Å². The molecule has 0 aliphatic carbocycles. The van der Waals surface area contributed by atoms with Crippen molar-refractivity contribution in [2.45, 2.75) is 31.9 Å². The van der Waals surface area contributed by atoms with Gasteiger partial charge in [0.05, 0.1) is 11.1 Å². The predicted molar refractivity (Wildman–Crippen MR) is 105 cm³/mol. The molecule has 0 aromatic heterocycles. The lowest BCUT2D eigenvalue weighted by Crippen LogP contribution is -2.13. The molecule has 0 amide bonds. The van der Waals surface area contributed by atoms with E-state index in [1.807, 2.05) is 49.9 Å². The molecule has 0 spiro atoms. The molecule has 0 radical (unpaired) electrons. The highest BCUT2D eigenvalue weighted by atomic mass is 32.2. The normalized spacial score (nSPS) is 15.7. The molecule has 1 atom stereocenters. The van der Waals surface area contributed by atoms with Gasteiger partial charge < -0.3 is 9.84 Å². The number of aryl methyl sites for hydroxylation is 2. The van der Waals surface area contributed by atoms with E-state index in [1.165, 1.54) is 18.6 Å². The zero-order valence-electron chi connectivity index (χ0n) is 15.1. The van der Waals surface area contributed by atoms with Crippen LogP contribution in [0.1, 0.15) is 44.7 Å². The highest BCUT2D eigenvalue weighted by Gasteiger charge is 2.17. The van der Waals surface area contributed by atoms with Crippen molar-refractivity contribution in [3.05, 3.63) is 70.8 Å². The first-order chi connectivity index (χ1) is 12.5. The highest BCUT2D eigenvalue weighted by molar-refractivity contribution is 8.00. The summed E-state index contributed by atoms with van der Waals surface area (Å²) in [7, 11) is 0. The topological polar surface area (TPSA) is 63.6 Å². The quantitative estimate of drug-likeness (QED) is 0.785. The van der Waals surface area contributed by atoms with Gasteiger partial charge in [-0.05, 0) is 56.7 Å². The Kier molecular flexibility index (Phi) is 7.73. The van der Waals surface area contributed by atoms with Gasteiger partial charge in [-0.2, -0.15) is 11.8 Å². The molecule has 1 N–H and O–H groups in total. The van der Waals surface area contributed by atoms with Crippen molar-refractivity contribution in [1.82, 2.24) is 0 Å². The first kappa shape index (κ1) is 20.0. The third-order valence-electron chi connectivity index (χ3n) is 4.01. The van der Waals surface area contributed by atoms with Crippen LogP contribution in [0.2, 0.25) is 0 Å². The summed E-state index contributed by atoms with van der Waals surface area (Å²) in [5.41, 5.74) is 3.21. The molecule has 26 heavy (non-hydrogen) atoms. The molecule has 5 heteroatoms. The molecule has 2 aromatic rings. The molecule has 0 bridgehead atoms. The minimum absolute atomic E-state index is 0.201. The second-order valence-electron chi connectivity index (χ2n) is 6.27. The van der Waals surface area contributed by atoms with Crippen LogP contribution in [0.15, 0.2) is 48.5 Å². The Balaban J connectivity index is 0.000000209. The van der Waals surface area contributed by atoms with E-state index in [9.17, 15) is 9.59 Å². The van der Waals surface area contributed by atoms with Crippen LogP contribution in [0.25, 0.3) is 0 Å². The Morgan fingerprint density at radius 1 is 1.00 bits per heavy atom. The number of hydrogen-bond donors (Lipinski definition) is 1. The first-order valence-electron chi connectivity index (χ1n) is 8.61.